The number of nitrogens with zero attached hydrogens (tertiary/aromatic N) is 3. The highest BCUT2D eigenvalue weighted by atomic mass is 35.5. The van der Waals surface area contributed by atoms with Crippen molar-refractivity contribution < 1.29 is 9.32 Å². The lowest BCUT2D eigenvalue weighted by Gasteiger charge is -2.27. The molecule has 0 bridgehead atoms. The molecule has 5 rings (SSSR count). The average molecular weight is 412 g/mol. The number of para-hydroxylation sites is 1. The third kappa shape index (κ3) is 3.68. The lowest BCUT2D eigenvalue weighted by atomic mass is 9.99. The largest absolute Gasteiger partial charge is 0.415 e. The minimum Gasteiger partial charge on any atom is -0.415 e. The van der Waals surface area contributed by atoms with E-state index in [2.05, 4.69) is 34.5 Å². The van der Waals surface area contributed by atoms with Crippen LogP contribution in [0.3, 0.4) is 0 Å². The van der Waals surface area contributed by atoms with E-state index >= 15 is 0 Å². The number of nitrogens with one attached hydrogen (secondary N) is 1. The summed E-state index contributed by atoms with van der Waals surface area (Å²) in [6.07, 6.45) is 2.39. The second kappa shape index (κ2) is 7.62. The summed E-state index contributed by atoms with van der Waals surface area (Å²) in [7, 11) is 0. The van der Waals surface area contributed by atoms with Gasteiger partial charge < -0.3 is 9.32 Å². The second-order valence-electron chi connectivity index (χ2n) is 7.25. The van der Waals surface area contributed by atoms with Gasteiger partial charge in [-0.15, -0.1) is 21.5 Å². The number of quaternary nitrogens is 1. The zero-order valence-electron chi connectivity index (χ0n) is 15.3. The number of thiazole rings is 1. The maximum absolute atomic E-state index is 5.95. The van der Waals surface area contributed by atoms with E-state index in [0.29, 0.717) is 22.7 Å². The van der Waals surface area contributed by atoms with Crippen molar-refractivity contribution in [1.82, 2.24) is 15.2 Å². The molecule has 2 aromatic heterocycles. The number of hydrogen-bond acceptors (Lipinski definition) is 5. The van der Waals surface area contributed by atoms with E-state index in [-0.39, 0.29) is 0 Å². The van der Waals surface area contributed by atoms with Crippen LogP contribution in [0.4, 0.5) is 0 Å². The number of likely N-dealkylation sites (tertiary alicyclic amines) is 1. The SMILES string of the molecule is Clc1ccc(-c2nnc(C[NH+]3CCC[C@H](c4nc5ccccc5s4)C3)o2)cc1. The highest BCUT2D eigenvalue weighted by molar-refractivity contribution is 7.18. The van der Waals surface area contributed by atoms with Crippen molar-refractivity contribution in [2.24, 2.45) is 0 Å². The standard InChI is InChI=1S/C21H19ClN4OS/c22-16-9-7-14(8-10-16)20-25-24-19(27-20)13-26-11-3-4-15(12-26)21-23-17-5-1-2-6-18(17)28-21/h1-2,5-10,15H,3-4,11-13H2/p+1/t15-/m0/s1. The summed E-state index contributed by atoms with van der Waals surface area (Å²) in [6.45, 7) is 2.93. The third-order valence-electron chi connectivity index (χ3n) is 5.24. The minimum atomic E-state index is 0.500. The molecular weight excluding hydrogens is 392 g/mol. The lowest BCUT2D eigenvalue weighted by Crippen LogP contribution is -3.12. The predicted molar refractivity (Wildman–Crippen MR) is 111 cm³/mol. The van der Waals surface area contributed by atoms with Gasteiger partial charge in [-0.1, -0.05) is 23.7 Å². The smallest absolute Gasteiger partial charge is 0.271 e. The summed E-state index contributed by atoms with van der Waals surface area (Å²) in [4.78, 5) is 6.35. The molecule has 3 heterocycles. The normalized spacial score (nSPS) is 19.9. The summed E-state index contributed by atoms with van der Waals surface area (Å²) in [6, 6.07) is 15.8. The Labute approximate surface area is 172 Å². The molecule has 1 aliphatic heterocycles. The number of aromatic nitrogens is 3. The molecule has 28 heavy (non-hydrogen) atoms. The molecule has 0 radical (unpaired) electrons. The molecule has 2 atom stereocenters. The van der Waals surface area contributed by atoms with Gasteiger partial charge in [-0.05, 0) is 49.2 Å². The van der Waals surface area contributed by atoms with E-state index in [1.54, 1.807) is 0 Å². The maximum Gasteiger partial charge on any atom is 0.271 e. The number of halogens is 1. The molecule has 5 nitrogen and oxygen atoms in total. The second-order valence-corrected chi connectivity index (χ2v) is 8.75. The fraction of sp³-hybridized carbons (Fsp3) is 0.286. The number of hydrogen-bond donors (Lipinski definition) is 1. The quantitative estimate of drug-likeness (QED) is 0.552. The van der Waals surface area contributed by atoms with Crippen LogP contribution in [-0.2, 0) is 6.54 Å². The fourth-order valence-corrected chi connectivity index (χ4v) is 5.06. The topological polar surface area (TPSA) is 56.2 Å². The zero-order valence-corrected chi connectivity index (χ0v) is 16.8. The monoisotopic (exact) mass is 411 g/mol. The first-order valence-electron chi connectivity index (χ1n) is 9.52. The van der Waals surface area contributed by atoms with Gasteiger partial charge in [-0.25, -0.2) is 4.98 Å². The molecule has 0 spiro atoms. The van der Waals surface area contributed by atoms with Gasteiger partial charge in [0, 0.05) is 10.6 Å². The van der Waals surface area contributed by atoms with Gasteiger partial charge in [-0.2, -0.15) is 0 Å². The van der Waals surface area contributed by atoms with Gasteiger partial charge in [0.2, 0.25) is 5.89 Å². The third-order valence-corrected chi connectivity index (χ3v) is 6.69. The van der Waals surface area contributed by atoms with Crippen molar-refractivity contribution in [3.63, 3.8) is 0 Å². The Bertz CT molecular complexity index is 1060. The van der Waals surface area contributed by atoms with E-state index in [0.717, 1.165) is 30.7 Å². The first-order chi connectivity index (χ1) is 13.7. The van der Waals surface area contributed by atoms with E-state index in [1.165, 1.54) is 27.4 Å². The van der Waals surface area contributed by atoms with Gasteiger partial charge in [-0.3, -0.25) is 0 Å². The molecule has 0 aliphatic carbocycles. The molecule has 1 fully saturated rings. The van der Waals surface area contributed by atoms with Gasteiger partial charge in [0.15, 0.2) is 6.54 Å². The van der Waals surface area contributed by atoms with E-state index in [9.17, 15) is 0 Å². The number of benzene rings is 2. The molecule has 7 heteroatoms. The van der Waals surface area contributed by atoms with Crippen molar-refractivity contribution in [3.05, 3.63) is 64.5 Å². The number of fused-ring (bicyclic) bond motifs is 1. The molecule has 0 amide bonds. The zero-order chi connectivity index (χ0) is 18.9. The molecule has 1 saturated heterocycles. The summed E-state index contributed by atoms with van der Waals surface area (Å²) >= 11 is 7.78. The van der Waals surface area contributed by atoms with Crippen LogP contribution in [0.5, 0.6) is 0 Å². The molecule has 1 aliphatic rings. The highest BCUT2D eigenvalue weighted by Gasteiger charge is 2.28. The van der Waals surface area contributed by atoms with E-state index < -0.39 is 0 Å². The van der Waals surface area contributed by atoms with Crippen LogP contribution in [0.1, 0.15) is 29.7 Å². The first-order valence-corrected chi connectivity index (χ1v) is 10.7. The Kier molecular flexibility index (Phi) is 4.84. The summed E-state index contributed by atoms with van der Waals surface area (Å²) in [5.41, 5.74) is 2.00. The van der Waals surface area contributed by atoms with Crippen molar-refractivity contribution >= 4 is 33.2 Å². The van der Waals surface area contributed by atoms with Gasteiger partial charge in [0.05, 0.1) is 29.2 Å². The summed E-state index contributed by atoms with van der Waals surface area (Å²) in [5.74, 6) is 1.73. The molecule has 1 unspecified atom stereocenters. The van der Waals surface area contributed by atoms with Crippen LogP contribution in [0.15, 0.2) is 52.9 Å². The number of piperidine rings is 1. The Morgan fingerprint density at radius 1 is 1.11 bits per heavy atom. The molecule has 1 N–H and O–H groups in total. The Morgan fingerprint density at radius 3 is 2.82 bits per heavy atom. The van der Waals surface area contributed by atoms with Crippen LogP contribution >= 0.6 is 22.9 Å². The minimum absolute atomic E-state index is 0.500. The molecule has 142 valence electrons. The summed E-state index contributed by atoms with van der Waals surface area (Å²) in [5, 5.41) is 10.4. The fourth-order valence-electron chi connectivity index (χ4n) is 3.84. The van der Waals surface area contributed by atoms with Crippen LogP contribution in [-0.4, -0.2) is 28.3 Å². The van der Waals surface area contributed by atoms with Crippen molar-refractivity contribution in [2.75, 3.05) is 13.1 Å². The Balaban J connectivity index is 1.28. The highest BCUT2D eigenvalue weighted by Crippen LogP contribution is 2.30. The van der Waals surface area contributed by atoms with Crippen molar-refractivity contribution in [1.29, 1.82) is 0 Å². The number of rotatable bonds is 4. The Hall–Kier alpha value is -2.28. The van der Waals surface area contributed by atoms with Crippen LogP contribution in [0.25, 0.3) is 21.7 Å². The predicted octanol–water partition coefficient (Wildman–Crippen LogP) is 3.96. The van der Waals surface area contributed by atoms with E-state index in [4.69, 9.17) is 21.0 Å². The van der Waals surface area contributed by atoms with E-state index in [1.807, 2.05) is 35.6 Å². The van der Waals surface area contributed by atoms with Crippen LogP contribution < -0.4 is 4.90 Å². The Morgan fingerprint density at radius 2 is 1.96 bits per heavy atom. The average Bonchev–Trinajstić information content (AvgIpc) is 3.36. The van der Waals surface area contributed by atoms with Crippen LogP contribution in [0.2, 0.25) is 5.02 Å². The van der Waals surface area contributed by atoms with Crippen molar-refractivity contribution in [3.8, 4) is 11.5 Å². The molecule has 0 saturated carbocycles. The molecule has 2 aromatic carbocycles. The molecule has 4 aromatic rings. The van der Waals surface area contributed by atoms with Gasteiger partial charge in [0.1, 0.15) is 5.01 Å². The maximum atomic E-state index is 5.95. The van der Waals surface area contributed by atoms with Crippen LogP contribution in [0, 0.1) is 0 Å². The first kappa shape index (κ1) is 17.8. The van der Waals surface area contributed by atoms with Crippen molar-refractivity contribution in [2.45, 2.75) is 25.3 Å². The van der Waals surface area contributed by atoms with Gasteiger partial charge >= 0.3 is 0 Å². The summed E-state index contributed by atoms with van der Waals surface area (Å²) < 4.78 is 7.17. The lowest BCUT2D eigenvalue weighted by molar-refractivity contribution is -0.921. The molecular formula is C21H20ClN4OS+. The van der Waals surface area contributed by atoms with Gasteiger partial charge in [0.25, 0.3) is 5.89 Å².